The van der Waals surface area contributed by atoms with E-state index in [1.165, 1.54) is 5.56 Å². The van der Waals surface area contributed by atoms with E-state index in [1.54, 1.807) is 6.92 Å². The van der Waals surface area contributed by atoms with Crippen LogP contribution in [-0.2, 0) is 29.0 Å². The van der Waals surface area contributed by atoms with E-state index in [0.29, 0.717) is 18.1 Å². The zero-order chi connectivity index (χ0) is 23.8. The first-order chi connectivity index (χ1) is 16.6. The Balaban J connectivity index is 1.28. The van der Waals surface area contributed by atoms with E-state index >= 15 is 0 Å². The second-order valence-electron chi connectivity index (χ2n) is 8.35. The molecule has 4 aromatic rings. The SMILES string of the molecule is C[C@H](Cc1ccccc1)Oc1ccc(-c2noc(C[C@H](C)C(=O)OCc3ccccc3)n2)cc1. The predicted octanol–water partition coefficient (Wildman–Crippen LogP) is 5.67. The monoisotopic (exact) mass is 456 g/mol. The van der Waals surface area contributed by atoms with Crippen LogP contribution in [0.4, 0.5) is 0 Å². The van der Waals surface area contributed by atoms with Gasteiger partial charge in [0.05, 0.1) is 12.0 Å². The molecule has 0 amide bonds. The zero-order valence-electron chi connectivity index (χ0n) is 19.4. The summed E-state index contributed by atoms with van der Waals surface area (Å²) in [6, 6.07) is 27.5. The molecule has 0 fully saturated rings. The average molecular weight is 457 g/mol. The summed E-state index contributed by atoms with van der Waals surface area (Å²) in [6.45, 7) is 4.09. The smallest absolute Gasteiger partial charge is 0.309 e. The van der Waals surface area contributed by atoms with Gasteiger partial charge < -0.3 is 14.0 Å². The Morgan fingerprint density at radius 1 is 0.853 bits per heavy atom. The molecule has 4 rings (SSSR count). The first-order valence-electron chi connectivity index (χ1n) is 11.4. The van der Waals surface area contributed by atoms with Gasteiger partial charge in [-0.25, -0.2) is 0 Å². The lowest BCUT2D eigenvalue weighted by atomic mass is 10.1. The highest BCUT2D eigenvalue weighted by atomic mass is 16.5. The molecule has 174 valence electrons. The summed E-state index contributed by atoms with van der Waals surface area (Å²) in [5.74, 6) is 0.971. The molecule has 0 aliphatic rings. The standard InChI is InChI=1S/C28H28N2O4/c1-20(28(31)32-19-23-11-7-4-8-12-23)17-26-29-27(30-34-26)24-13-15-25(16-14-24)33-21(2)18-22-9-5-3-6-10-22/h3-16,20-21H,17-19H2,1-2H3/t20-,21+/m0/s1. The molecule has 3 aromatic carbocycles. The van der Waals surface area contributed by atoms with Crippen molar-refractivity contribution in [1.82, 2.24) is 10.1 Å². The van der Waals surface area contributed by atoms with Gasteiger partial charge in [0.25, 0.3) is 0 Å². The number of esters is 1. The number of hydrogen-bond donors (Lipinski definition) is 0. The molecule has 2 atom stereocenters. The lowest BCUT2D eigenvalue weighted by Crippen LogP contribution is -2.17. The van der Waals surface area contributed by atoms with Gasteiger partial charge in [-0.2, -0.15) is 4.98 Å². The van der Waals surface area contributed by atoms with Crippen molar-refractivity contribution in [2.24, 2.45) is 5.92 Å². The number of carbonyl (C=O) groups excluding carboxylic acids is 1. The van der Waals surface area contributed by atoms with Crippen LogP contribution in [0.15, 0.2) is 89.5 Å². The molecule has 0 aliphatic heterocycles. The van der Waals surface area contributed by atoms with Gasteiger partial charge in [-0.15, -0.1) is 0 Å². The Morgan fingerprint density at radius 2 is 1.50 bits per heavy atom. The van der Waals surface area contributed by atoms with Crippen LogP contribution in [0.25, 0.3) is 11.4 Å². The third-order valence-corrected chi connectivity index (χ3v) is 5.39. The minimum absolute atomic E-state index is 0.0492. The summed E-state index contributed by atoms with van der Waals surface area (Å²) < 4.78 is 16.8. The van der Waals surface area contributed by atoms with Crippen molar-refractivity contribution in [2.75, 3.05) is 0 Å². The molecule has 0 aliphatic carbocycles. The average Bonchev–Trinajstić information content (AvgIpc) is 3.32. The highest BCUT2D eigenvalue weighted by Crippen LogP contribution is 2.22. The third kappa shape index (κ3) is 6.54. The maximum Gasteiger partial charge on any atom is 0.309 e. The first kappa shape index (κ1) is 23.2. The van der Waals surface area contributed by atoms with E-state index in [9.17, 15) is 4.79 Å². The maximum absolute atomic E-state index is 12.3. The van der Waals surface area contributed by atoms with Gasteiger partial charge in [0, 0.05) is 18.4 Å². The molecule has 0 unspecified atom stereocenters. The predicted molar refractivity (Wildman–Crippen MR) is 129 cm³/mol. The Morgan fingerprint density at radius 3 is 2.18 bits per heavy atom. The van der Waals surface area contributed by atoms with E-state index in [0.717, 1.165) is 23.3 Å². The van der Waals surface area contributed by atoms with Crippen LogP contribution in [0.3, 0.4) is 0 Å². The van der Waals surface area contributed by atoms with Crippen LogP contribution in [0.1, 0.15) is 30.9 Å². The molecule has 6 heteroatoms. The Hall–Kier alpha value is -3.93. The fourth-order valence-electron chi connectivity index (χ4n) is 3.57. The fraction of sp³-hybridized carbons (Fsp3) is 0.250. The van der Waals surface area contributed by atoms with Gasteiger partial charge in [0.1, 0.15) is 12.4 Å². The normalized spacial score (nSPS) is 12.6. The minimum atomic E-state index is -0.390. The van der Waals surface area contributed by atoms with Crippen LogP contribution >= 0.6 is 0 Å². The lowest BCUT2D eigenvalue weighted by Gasteiger charge is -2.15. The quantitative estimate of drug-likeness (QED) is 0.286. The molecule has 0 radical (unpaired) electrons. The number of rotatable bonds is 10. The van der Waals surface area contributed by atoms with Crippen molar-refractivity contribution in [3.8, 4) is 17.1 Å². The van der Waals surface area contributed by atoms with Crippen LogP contribution in [0, 0.1) is 5.92 Å². The number of ether oxygens (including phenoxy) is 2. The van der Waals surface area contributed by atoms with Gasteiger partial charge in [-0.3, -0.25) is 4.79 Å². The van der Waals surface area contributed by atoms with Gasteiger partial charge in [0.15, 0.2) is 0 Å². The summed E-state index contributed by atoms with van der Waals surface area (Å²) in [7, 11) is 0. The molecule has 0 bridgehead atoms. The van der Waals surface area contributed by atoms with Crippen molar-refractivity contribution < 1.29 is 18.8 Å². The molecule has 1 aromatic heterocycles. The van der Waals surface area contributed by atoms with Gasteiger partial charge in [0.2, 0.25) is 11.7 Å². The van der Waals surface area contributed by atoms with Crippen LogP contribution < -0.4 is 4.74 Å². The number of carbonyl (C=O) groups is 1. The van der Waals surface area contributed by atoms with Crippen molar-refractivity contribution in [3.05, 3.63) is 102 Å². The Kier molecular flexibility index (Phi) is 7.71. The molecule has 0 N–H and O–H groups in total. The molecule has 0 saturated carbocycles. The molecule has 34 heavy (non-hydrogen) atoms. The minimum Gasteiger partial charge on any atom is -0.490 e. The van der Waals surface area contributed by atoms with Gasteiger partial charge in [-0.05, 0) is 42.3 Å². The number of aromatic nitrogens is 2. The molecule has 1 heterocycles. The largest absolute Gasteiger partial charge is 0.490 e. The highest BCUT2D eigenvalue weighted by molar-refractivity contribution is 5.72. The lowest BCUT2D eigenvalue weighted by molar-refractivity contribution is -0.149. The molecular weight excluding hydrogens is 428 g/mol. The number of nitrogens with zero attached hydrogens (tertiary/aromatic N) is 2. The van der Waals surface area contributed by atoms with E-state index < -0.39 is 0 Å². The van der Waals surface area contributed by atoms with Crippen LogP contribution in [0.5, 0.6) is 5.75 Å². The second kappa shape index (κ2) is 11.3. The summed E-state index contributed by atoms with van der Waals surface area (Å²) in [4.78, 5) is 16.8. The van der Waals surface area contributed by atoms with E-state index in [2.05, 4.69) is 29.2 Å². The number of benzene rings is 3. The van der Waals surface area contributed by atoms with Crippen molar-refractivity contribution in [1.29, 1.82) is 0 Å². The second-order valence-corrected chi connectivity index (χ2v) is 8.35. The van der Waals surface area contributed by atoms with Gasteiger partial charge >= 0.3 is 5.97 Å². The molecule has 6 nitrogen and oxygen atoms in total. The molecule has 0 saturated heterocycles. The summed E-state index contributed by atoms with van der Waals surface area (Å²) in [5, 5.41) is 4.06. The van der Waals surface area contributed by atoms with Crippen LogP contribution in [-0.4, -0.2) is 22.2 Å². The Labute approximate surface area is 199 Å². The molecular formula is C28H28N2O4. The Bertz CT molecular complexity index is 1170. The molecule has 0 spiro atoms. The first-order valence-corrected chi connectivity index (χ1v) is 11.4. The topological polar surface area (TPSA) is 74.5 Å². The zero-order valence-corrected chi connectivity index (χ0v) is 19.4. The summed E-state index contributed by atoms with van der Waals surface area (Å²) >= 11 is 0. The fourth-order valence-corrected chi connectivity index (χ4v) is 3.57. The van der Waals surface area contributed by atoms with E-state index in [-0.39, 0.29) is 24.6 Å². The maximum atomic E-state index is 12.3. The number of hydrogen-bond acceptors (Lipinski definition) is 6. The summed E-state index contributed by atoms with van der Waals surface area (Å²) in [5.41, 5.74) is 3.01. The third-order valence-electron chi connectivity index (χ3n) is 5.39. The van der Waals surface area contributed by atoms with Crippen molar-refractivity contribution >= 4 is 5.97 Å². The van der Waals surface area contributed by atoms with E-state index in [4.69, 9.17) is 14.0 Å². The van der Waals surface area contributed by atoms with Crippen LogP contribution in [0.2, 0.25) is 0 Å². The van der Waals surface area contributed by atoms with Crippen molar-refractivity contribution in [2.45, 2.75) is 39.4 Å². The van der Waals surface area contributed by atoms with Crippen molar-refractivity contribution in [3.63, 3.8) is 0 Å². The van der Waals surface area contributed by atoms with Gasteiger partial charge in [-0.1, -0.05) is 72.7 Å². The summed E-state index contributed by atoms with van der Waals surface area (Å²) in [6.07, 6.45) is 1.20. The highest BCUT2D eigenvalue weighted by Gasteiger charge is 2.19. The van der Waals surface area contributed by atoms with E-state index in [1.807, 2.05) is 72.8 Å².